The van der Waals surface area contributed by atoms with E-state index in [4.69, 9.17) is 4.74 Å². The molecular formula is C11H15NO2S. The quantitative estimate of drug-likeness (QED) is 0.772. The first kappa shape index (κ1) is 10.8. The van der Waals surface area contributed by atoms with Crippen molar-refractivity contribution in [3.05, 3.63) is 16.1 Å². The average Bonchev–Trinajstić information content (AvgIpc) is 2.66. The fourth-order valence-electron chi connectivity index (χ4n) is 1.84. The zero-order chi connectivity index (χ0) is 11.1. The molecular weight excluding hydrogens is 210 g/mol. The van der Waals surface area contributed by atoms with Crippen LogP contribution in [0.25, 0.3) is 0 Å². The zero-order valence-electron chi connectivity index (χ0n) is 9.24. The van der Waals surface area contributed by atoms with Gasteiger partial charge in [-0.1, -0.05) is 0 Å². The van der Waals surface area contributed by atoms with E-state index in [1.807, 2.05) is 27.0 Å². The smallest absolute Gasteiger partial charge is 0.169 e. The van der Waals surface area contributed by atoms with Crippen LogP contribution in [0.4, 0.5) is 0 Å². The van der Waals surface area contributed by atoms with Gasteiger partial charge in [0.1, 0.15) is 5.60 Å². The third-order valence-electron chi connectivity index (χ3n) is 2.73. The van der Waals surface area contributed by atoms with E-state index in [2.05, 4.69) is 4.98 Å². The van der Waals surface area contributed by atoms with Crippen molar-refractivity contribution >= 4 is 17.1 Å². The van der Waals surface area contributed by atoms with Gasteiger partial charge in [-0.15, -0.1) is 11.3 Å². The highest BCUT2D eigenvalue weighted by Crippen LogP contribution is 2.29. The Morgan fingerprint density at radius 1 is 1.67 bits per heavy atom. The molecule has 2 heterocycles. The van der Waals surface area contributed by atoms with E-state index < -0.39 is 5.60 Å². The first-order valence-electron chi connectivity index (χ1n) is 5.08. The summed E-state index contributed by atoms with van der Waals surface area (Å²) in [5, 5.41) is 1.05. The van der Waals surface area contributed by atoms with E-state index in [1.165, 1.54) is 4.88 Å². The Labute approximate surface area is 93.5 Å². The van der Waals surface area contributed by atoms with Crippen LogP contribution in [0.1, 0.15) is 23.7 Å². The van der Waals surface area contributed by atoms with Gasteiger partial charge in [-0.3, -0.25) is 4.79 Å². The number of aromatic nitrogens is 1. The van der Waals surface area contributed by atoms with Gasteiger partial charge in [0.2, 0.25) is 0 Å². The van der Waals surface area contributed by atoms with Gasteiger partial charge in [-0.2, -0.15) is 0 Å². The molecule has 15 heavy (non-hydrogen) atoms. The van der Waals surface area contributed by atoms with Crippen LogP contribution >= 0.6 is 11.3 Å². The zero-order valence-corrected chi connectivity index (χ0v) is 10.1. The lowest BCUT2D eigenvalue weighted by atomic mass is 9.93. The van der Waals surface area contributed by atoms with E-state index in [1.54, 1.807) is 11.3 Å². The molecule has 1 aromatic rings. The Kier molecular flexibility index (Phi) is 2.64. The predicted octanol–water partition coefficient (Wildman–Crippen LogP) is 1.99. The van der Waals surface area contributed by atoms with Crippen LogP contribution in [-0.4, -0.2) is 23.0 Å². The van der Waals surface area contributed by atoms with Crippen LogP contribution in [-0.2, 0) is 16.0 Å². The van der Waals surface area contributed by atoms with Crippen LogP contribution in [0.5, 0.6) is 0 Å². The summed E-state index contributed by atoms with van der Waals surface area (Å²) in [5.74, 6) is 0.230. The van der Waals surface area contributed by atoms with Gasteiger partial charge < -0.3 is 4.74 Å². The molecule has 82 valence electrons. The molecule has 0 radical (unpaired) electrons. The Morgan fingerprint density at radius 3 is 2.87 bits per heavy atom. The third-order valence-corrected chi connectivity index (χ3v) is 3.66. The molecule has 0 N–H and O–H groups in total. The molecule has 4 heteroatoms. The van der Waals surface area contributed by atoms with Crippen LogP contribution < -0.4 is 0 Å². The SMILES string of the molecule is Cc1ncc(CC2COC(C)(C)C2=O)s1. The molecule has 1 aliphatic heterocycles. The van der Waals surface area contributed by atoms with Crippen LogP contribution in [0, 0.1) is 12.8 Å². The Morgan fingerprint density at radius 2 is 2.40 bits per heavy atom. The first-order valence-corrected chi connectivity index (χ1v) is 5.90. The molecule has 1 saturated heterocycles. The Balaban J connectivity index is 2.06. The van der Waals surface area contributed by atoms with Crippen molar-refractivity contribution in [1.29, 1.82) is 0 Å². The van der Waals surface area contributed by atoms with Crippen molar-refractivity contribution in [1.82, 2.24) is 4.98 Å². The fourth-order valence-corrected chi connectivity index (χ4v) is 2.72. The van der Waals surface area contributed by atoms with Crippen molar-refractivity contribution in [2.24, 2.45) is 5.92 Å². The van der Waals surface area contributed by atoms with Gasteiger partial charge in [-0.05, 0) is 27.2 Å². The summed E-state index contributed by atoms with van der Waals surface area (Å²) in [5.41, 5.74) is -0.593. The fraction of sp³-hybridized carbons (Fsp3) is 0.636. The number of carbonyl (C=O) groups excluding carboxylic acids is 1. The van der Waals surface area contributed by atoms with Crippen molar-refractivity contribution in [2.75, 3.05) is 6.61 Å². The molecule has 2 rings (SSSR count). The monoisotopic (exact) mass is 225 g/mol. The number of hydrogen-bond donors (Lipinski definition) is 0. The molecule has 0 spiro atoms. The number of Topliss-reactive ketones (excluding diaryl/α,β-unsaturated/α-hetero) is 1. The Hall–Kier alpha value is -0.740. The molecule has 0 amide bonds. The minimum Gasteiger partial charge on any atom is -0.367 e. The molecule has 1 aliphatic rings. The lowest BCUT2D eigenvalue weighted by Gasteiger charge is -2.13. The van der Waals surface area contributed by atoms with Crippen molar-refractivity contribution in [3.63, 3.8) is 0 Å². The van der Waals surface area contributed by atoms with Gasteiger partial charge in [-0.25, -0.2) is 4.98 Å². The van der Waals surface area contributed by atoms with Gasteiger partial charge >= 0.3 is 0 Å². The van der Waals surface area contributed by atoms with Gasteiger partial charge in [0.25, 0.3) is 0 Å². The van der Waals surface area contributed by atoms with E-state index in [0.717, 1.165) is 11.4 Å². The number of ether oxygens (including phenoxy) is 1. The van der Waals surface area contributed by atoms with E-state index >= 15 is 0 Å². The maximum absolute atomic E-state index is 11.9. The highest BCUT2D eigenvalue weighted by Gasteiger charge is 2.41. The summed E-state index contributed by atoms with van der Waals surface area (Å²) in [4.78, 5) is 17.3. The minimum atomic E-state index is -0.593. The topological polar surface area (TPSA) is 39.2 Å². The maximum atomic E-state index is 11.9. The summed E-state index contributed by atoms with van der Waals surface area (Å²) >= 11 is 1.66. The minimum absolute atomic E-state index is 0.0137. The number of aryl methyl sites for hydroxylation is 1. The van der Waals surface area contributed by atoms with Gasteiger partial charge in [0, 0.05) is 17.0 Å². The third kappa shape index (κ3) is 2.11. The molecule has 0 aromatic carbocycles. The number of nitrogens with zero attached hydrogens (tertiary/aromatic N) is 1. The molecule has 1 unspecified atom stereocenters. The number of rotatable bonds is 2. The van der Waals surface area contributed by atoms with Crippen LogP contribution in [0.15, 0.2) is 6.20 Å². The van der Waals surface area contributed by atoms with Crippen LogP contribution in [0.2, 0.25) is 0 Å². The molecule has 0 bridgehead atoms. The number of carbonyl (C=O) groups is 1. The number of thiazole rings is 1. The summed E-state index contributed by atoms with van der Waals surface area (Å²) in [7, 11) is 0. The molecule has 1 atom stereocenters. The van der Waals surface area contributed by atoms with Crippen molar-refractivity contribution < 1.29 is 9.53 Å². The molecule has 0 aliphatic carbocycles. The summed E-state index contributed by atoms with van der Waals surface area (Å²) in [6, 6.07) is 0. The standard InChI is InChI=1S/C11H15NO2S/c1-7-12-5-9(15-7)4-8-6-14-11(2,3)10(8)13/h5,8H,4,6H2,1-3H3. The first-order chi connectivity index (χ1) is 6.99. The summed E-state index contributed by atoms with van der Waals surface area (Å²) in [6.07, 6.45) is 2.63. The molecule has 1 fully saturated rings. The highest BCUT2D eigenvalue weighted by atomic mass is 32.1. The second-order valence-electron chi connectivity index (χ2n) is 4.43. The second-order valence-corrected chi connectivity index (χ2v) is 5.75. The summed E-state index contributed by atoms with van der Waals surface area (Å²) < 4.78 is 5.48. The largest absolute Gasteiger partial charge is 0.367 e. The highest BCUT2D eigenvalue weighted by molar-refractivity contribution is 7.11. The van der Waals surface area contributed by atoms with Crippen molar-refractivity contribution in [3.8, 4) is 0 Å². The Bertz CT molecular complexity index is 384. The van der Waals surface area contributed by atoms with E-state index in [0.29, 0.717) is 6.61 Å². The number of ketones is 1. The van der Waals surface area contributed by atoms with Gasteiger partial charge in [0.05, 0.1) is 11.6 Å². The lowest BCUT2D eigenvalue weighted by molar-refractivity contribution is -0.130. The molecule has 0 saturated carbocycles. The molecule has 1 aromatic heterocycles. The lowest BCUT2D eigenvalue weighted by Crippen LogP contribution is -2.30. The van der Waals surface area contributed by atoms with E-state index in [-0.39, 0.29) is 11.7 Å². The van der Waals surface area contributed by atoms with Gasteiger partial charge in [0.15, 0.2) is 5.78 Å². The summed E-state index contributed by atoms with van der Waals surface area (Å²) in [6.45, 7) is 6.20. The normalized spacial score (nSPS) is 24.7. The maximum Gasteiger partial charge on any atom is 0.169 e. The van der Waals surface area contributed by atoms with Crippen LogP contribution in [0.3, 0.4) is 0 Å². The van der Waals surface area contributed by atoms with Crippen molar-refractivity contribution in [2.45, 2.75) is 32.8 Å². The molecule has 3 nitrogen and oxygen atoms in total. The average molecular weight is 225 g/mol. The number of hydrogen-bond acceptors (Lipinski definition) is 4. The van der Waals surface area contributed by atoms with E-state index in [9.17, 15) is 4.79 Å². The second kappa shape index (κ2) is 3.68. The predicted molar refractivity (Wildman–Crippen MR) is 59.1 cm³/mol.